The Kier molecular flexibility index (Phi) is 4.61. The van der Waals surface area contributed by atoms with Crippen LogP contribution in [0.15, 0.2) is 35.3 Å². The van der Waals surface area contributed by atoms with E-state index in [-0.39, 0.29) is 16.6 Å². The zero-order chi connectivity index (χ0) is 15.4. The van der Waals surface area contributed by atoms with Gasteiger partial charge >= 0.3 is 0 Å². The van der Waals surface area contributed by atoms with Crippen LogP contribution in [0.1, 0.15) is 31.0 Å². The molecule has 1 aromatic heterocycles. The summed E-state index contributed by atoms with van der Waals surface area (Å²) in [4.78, 5) is 11.9. The largest absolute Gasteiger partial charge is 0.376 e. The molecule has 0 aliphatic heterocycles. The molecule has 1 unspecified atom stereocenters. The number of nitrogens with one attached hydrogen (secondary N) is 1. The third-order valence-electron chi connectivity index (χ3n) is 3.20. The van der Waals surface area contributed by atoms with E-state index in [1.54, 1.807) is 18.3 Å². The normalized spacial score (nSPS) is 11.7. The maximum absolute atomic E-state index is 11.9. The molecule has 2 aromatic rings. The summed E-state index contributed by atoms with van der Waals surface area (Å²) in [6, 6.07) is 9.25. The van der Waals surface area contributed by atoms with Crippen molar-refractivity contribution in [2.75, 3.05) is 5.32 Å². The molecule has 0 aliphatic carbocycles. The average molecular weight is 303 g/mol. The summed E-state index contributed by atoms with van der Waals surface area (Å²) in [6.45, 7) is 4.25. The van der Waals surface area contributed by atoms with E-state index in [0.717, 1.165) is 5.56 Å². The summed E-state index contributed by atoms with van der Waals surface area (Å²) in [5.41, 5.74) is 1.79. The first kappa shape index (κ1) is 15.1. The molecule has 6 heteroatoms. The number of nitriles is 1. The summed E-state index contributed by atoms with van der Waals surface area (Å²) in [5.74, 6) is 0. The third kappa shape index (κ3) is 3.23. The van der Waals surface area contributed by atoms with Crippen molar-refractivity contribution in [1.29, 1.82) is 5.26 Å². The van der Waals surface area contributed by atoms with Gasteiger partial charge in [-0.2, -0.15) is 10.4 Å². The second-order valence-corrected chi connectivity index (χ2v) is 4.97. The number of nitrogens with zero attached hydrogens (tertiary/aromatic N) is 3. The van der Waals surface area contributed by atoms with Crippen molar-refractivity contribution in [3.63, 3.8) is 0 Å². The van der Waals surface area contributed by atoms with E-state index < -0.39 is 0 Å². The van der Waals surface area contributed by atoms with Gasteiger partial charge < -0.3 is 5.32 Å². The molecule has 5 nitrogen and oxygen atoms in total. The van der Waals surface area contributed by atoms with Gasteiger partial charge in [-0.05, 0) is 31.5 Å². The summed E-state index contributed by atoms with van der Waals surface area (Å²) >= 11 is 6.08. The topological polar surface area (TPSA) is 70.7 Å². The Bertz CT molecular complexity index is 731. The standard InChI is InChI=1S/C15H15ClN4O/c1-3-20-15(21)14(16)13(9-18-20)19-10(2)12-6-4-11(8-17)5-7-12/h4-7,9-10,19H,3H2,1-2H3. The highest BCUT2D eigenvalue weighted by Crippen LogP contribution is 2.23. The molecule has 0 saturated heterocycles. The van der Waals surface area contributed by atoms with E-state index >= 15 is 0 Å². The predicted molar refractivity (Wildman–Crippen MR) is 82.4 cm³/mol. The minimum atomic E-state index is -0.309. The first-order chi connectivity index (χ1) is 10.1. The second-order valence-electron chi connectivity index (χ2n) is 4.59. The zero-order valence-electron chi connectivity index (χ0n) is 11.8. The Hall–Kier alpha value is -2.32. The molecule has 0 saturated carbocycles. The van der Waals surface area contributed by atoms with Gasteiger partial charge in [0.1, 0.15) is 5.02 Å². The van der Waals surface area contributed by atoms with Crippen LogP contribution in [0.5, 0.6) is 0 Å². The molecule has 0 spiro atoms. The Balaban J connectivity index is 2.23. The smallest absolute Gasteiger partial charge is 0.287 e. The van der Waals surface area contributed by atoms with Crippen LogP contribution >= 0.6 is 11.6 Å². The molecule has 0 aliphatic rings. The summed E-state index contributed by atoms with van der Waals surface area (Å²) in [7, 11) is 0. The summed E-state index contributed by atoms with van der Waals surface area (Å²) < 4.78 is 1.31. The van der Waals surface area contributed by atoms with Gasteiger partial charge in [-0.3, -0.25) is 4.79 Å². The number of halogens is 1. The van der Waals surface area contributed by atoms with Gasteiger partial charge in [0.2, 0.25) is 0 Å². The molecule has 2 rings (SSSR count). The van der Waals surface area contributed by atoms with Crippen LogP contribution in [0.3, 0.4) is 0 Å². The van der Waals surface area contributed by atoms with E-state index in [0.29, 0.717) is 17.8 Å². The molecule has 0 bridgehead atoms. The Morgan fingerprint density at radius 2 is 2.10 bits per heavy atom. The maximum atomic E-state index is 11.9. The third-order valence-corrected chi connectivity index (χ3v) is 3.56. The highest BCUT2D eigenvalue weighted by molar-refractivity contribution is 6.32. The van der Waals surface area contributed by atoms with Crippen molar-refractivity contribution in [2.45, 2.75) is 26.4 Å². The van der Waals surface area contributed by atoms with Gasteiger partial charge in [0.25, 0.3) is 5.56 Å². The minimum absolute atomic E-state index is 0.0612. The molecule has 1 N–H and O–H groups in total. The zero-order valence-corrected chi connectivity index (χ0v) is 12.6. The van der Waals surface area contributed by atoms with E-state index in [1.165, 1.54) is 4.68 Å². The first-order valence-electron chi connectivity index (χ1n) is 6.59. The lowest BCUT2D eigenvalue weighted by Gasteiger charge is -2.16. The van der Waals surface area contributed by atoms with Crippen molar-refractivity contribution < 1.29 is 0 Å². The van der Waals surface area contributed by atoms with Gasteiger partial charge in [-0.25, -0.2) is 4.68 Å². The van der Waals surface area contributed by atoms with Crippen molar-refractivity contribution >= 4 is 17.3 Å². The van der Waals surface area contributed by atoms with E-state index in [4.69, 9.17) is 16.9 Å². The fourth-order valence-corrected chi connectivity index (χ4v) is 2.15. The van der Waals surface area contributed by atoms with Gasteiger partial charge in [0.05, 0.1) is 23.5 Å². The lowest BCUT2D eigenvalue weighted by atomic mass is 10.1. The highest BCUT2D eigenvalue weighted by atomic mass is 35.5. The SMILES string of the molecule is CCn1ncc(NC(C)c2ccc(C#N)cc2)c(Cl)c1=O. The van der Waals surface area contributed by atoms with E-state index in [1.807, 2.05) is 26.0 Å². The molecule has 1 aromatic carbocycles. The summed E-state index contributed by atoms with van der Waals surface area (Å²) in [5, 5.41) is 16.1. The van der Waals surface area contributed by atoms with Gasteiger partial charge in [-0.15, -0.1) is 0 Å². The van der Waals surface area contributed by atoms with Crippen LogP contribution in [0.4, 0.5) is 5.69 Å². The molecule has 1 heterocycles. The van der Waals surface area contributed by atoms with Crippen LogP contribution in [0.25, 0.3) is 0 Å². The number of anilines is 1. The van der Waals surface area contributed by atoms with Gasteiger partial charge in [0, 0.05) is 12.6 Å². The van der Waals surface area contributed by atoms with Crippen LogP contribution in [0, 0.1) is 11.3 Å². The average Bonchev–Trinajstić information content (AvgIpc) is 2.52. The molecule has 0 fully saturated rings. The lowest BCUT2D eigenvalue weighted by molar-refractivity contribution is 0.615. The van der Waals surface area contributed by atoms with Gasteiger partial charge in [-0.1, -0.05) is 23.7 Å². The first-order valence-corrected chi connectivity index (χ1v) is 6.96. The number of aromatic nitrogens is 2. The molecular formula is C15H15ClN4O. The molecular weight excluding hydrogens is 288 g/mol. The number of aryl methyl sites for hydroxylation is 1. The number of hydrogen-bond donors (Lipinski definition) is 1. The molecule has 1 atom stereocenters. The fraction of sp³-hybridized carbons (Fsp3) is 0.267. The maximum Gasteiger partial charge on any atom is 0.287 e. The Labute approximate surface area is 127 Å². The lowest BCUT2D eigenvalue weighted by Crippen LogP contribution is -2.23. The quantitative estimate of drug-likeness (QED) is 0.942. The second kappa shape index (κ2) is 6.42. The van der Waals surface area contributed by atoms with Gasteiger partial charge in [0.15, 0.2) is 0 Å². The van der Waals surface area contributed by atoms with E-state index in [9.17, 15) is 4.79 Å². The highest BCUT2D eigenvalue weighted by Gasteiger charge is 2.12. The molecule has 0 amide bonds. The van der Waals surface area contributed by atoms with E-state index in [2.05, 4.69) is 16.5 Å². The Morgan fingerprint density at radius 1 is 1.43 bits per heavy atom. The van der Waals surface area contributed by atoms with Crippen molar-refractivity contribution in [3.05, 3.63) is 57.0 Å². The number of hydrogen-bond acceptors (Lipinski definition) is 4. The molecule has 108 valence electrons. The van der Waals surface area contributed by atoms with Crippen LogP contribution in [-0.4, -0.2) is 9.78 Å². The monoisotopic (exact) mass is 302 g/mol. The predicted octanol–water partition coefficient (Wildman–Crippen LogP) is 2.96. The summed E-state index contributed by atoms with van der Waals surface area (Å²) in [6.07, 6.45) is 1.55. The van der Waals surface area contributed by atoms with Crippen molar-refractivity contribution in [1.82, 2.24) is 9.78 Å². The number of rotatable bonds is 4. The van der Waals surface area contributed by atoms with Crippen molar-refractivity contribution in [2.24, 2.45) is 0 Å². The van der Waals surface area contributed by atoms with Crippen LogP contribution in [-0.2, 0) is 6.54 Å². The molecule has 0 radical (unpaired) electrons. The Morgan fingerprint density at radius 3 is 2.67 bits per heavy atom. The fourth-order valence-electron chi connectivity index (χ4n) is 1.95. The minimum Gasteiger partial charge on any atom is -0.376 e. The van der Waals surface area contributed by atoms with Crippen LogP contribution in [0.2, 0.25) is 5.02 Å². The number of benzene rings is 1. The molecule has 21 heavy (non-hydrogen) atoms. The van der Waals surface area contributed by atoms with Crippen LogP contribution < -0.4 is 10.9 Å². The van der Waals surface area contributed by atoms with Crippen molar-refractivity contribution in [3.8, 4) is 6.07 Å².